The maximum atomic E-state index is 12.1. The van der Waals surface area contributed by atoms with E-state index in [1.54, 1.807) is 13.8 Å². The molecule has 2 aliphatic heterocycles. The first-order chi connectivity index (χ1) is 11.0. The summed E-state index contributed by atoms with van der Waals surface area (Å²) in [6, 6.07) is -0.313. The van der Waals surface area contributed by atoms with Crippen molar-refractivity contribution in [1.82, 2.24) is 20.4 Å². The molecule has 0 bridgehead atoms. The number of hydrogen-bond donors (Lipinski definition) is 2. The first-order valence-electron chi connectivity index (χ1n) is 8.34. The Balaban J connectivity index is 1.76. The highest BCUT2D eigenvalue weighted by molar-refractivity contribution is 6.06. The van der Waals surface area contributed by atoms with Crippen molar-refractivity contribution in [3.8, 4) is 0 Å². The van der Waals surface area contributed by atoms with Gasteiger partial charge in [-0.05, 0) is 41.0 Å². The molecule has 2 aliphatic rings. The lowest BCUT2D eigenvalue weighted by molar-refractivity contribution is -0.130. The van der Waals surface area contributed by atoms with Gasteiger partial charge in [-0.25, -0.2) is 9.59 Å². The maximum absolute atomic E-state index is 12.1. The largest absolute Gasteiger partial charge is 0.444 e. The molecule has 0 aromatic rings. The number of urea groups is 1. The molecule has 0 unspecified atom stereocenters. The van der Waals surface area contributed by atoms with Crippen LogP contribution in [0.1, 0.15) is 41.0 Å². The molecule has 2 N–H and O–H groups in total. The van der Waals surface area contributed by atoms with Crippen LogP contribution in [0.5, 0.6) is 0 Å². The second-order valence-electron chi connectivity index (χ2n) is 7.94. The van der Waals surface area contributed by atoms with Crippen LogP contribution in [0.25, 0.3) is 0 Å². The van der Waals surface area contributed by atoms with Crippen LogP contribution >= 0.6 is 0 Å². The van der Waals surface area contributed by atoms with Gasteiger partial charge in [0.25, 0.3) is 5.91 Å². The number of likely N-dealkylation sites (tertiary alicyclic amines) is 1. The molecule has 2 saturated heterocycles. The zero-order valence-electron chi connectivity index (χ0n) is 15.1. The predicted molar refractivity (Wildman–Crippen MR) is 88.5 cm³/mol. The minimum absolute atomic E-state index is 0.0272. The fourth-order valence-electron chi connectivity index (χ4n) is 2.89. The molecule has 8 heteroatoms. The molecule has 0 aromatic carbocycles. The third-order valence-corrected chi connectivity index (χ3v) is 4.08. The molecule has 8 nitrogen and oxygen atoms in total. The summed E-state index contributed by atoms with van der Waals surface area (Å²) in [7, 11) is 0. The van der Waals surface area contributed by atoms with E-state index in [1.165, 1.54) is 4.90 Å². The topological polar surface area (TPSA) is 91.0 Å². The summed E-state index contributed by atoms with van der Waals surface area (Å²) in [5.74, 6) is -0.199. The minimum atomic E-state index is -0.830. The van der Waals surface area contributed by atoms with E-state index in [9.17, 15) is 14.4 Å². The summed E-state index contributed by atoms with van der Waals surface area (Å²) in [5, 5.41) is 5.53. The van der Waals surface area contributed by atoms with Crippen LogP contribution in [-0.2, 0) is 9.53 Å². The summed E-state index contributed by atoms with van der Waals surface area (Å²) in [4.78, 5) is 39.2. The third kappa shape index (κ3) is 4.59. The van der Waals surface area contributed by atoms with E-state index < -0.39 is 17.2 Å². The van der Waals surface area contributed by atoms with Crippen LogP contribution in [0.3, 0.4) is 0 Å². The number of amides is 4. The fraction of sp³-hybridized carbons (Fsp3) is 0.812. The van der Waals surface area contributed by atoms with Crippen LogP contribution in [0, 0.1) is 0 Å². The first-order valence-corrected chi connectivity index (χ1v) is 8.34. The number of nitrogens with zero attached hydrogens (tertiary/aromatic N) is 2. The SMILES string of the molecule is CC(C)(C)OC(=O)N[C@H]1CCN(CCN2C(=O)NC(C)(C)C2=O)C1. The second-order valence-corrected chi connectivity index (χ2v) is 7.94. The van der Waals surface area contributed by atoms with Crippen molar-refractivity contribution in [2.75, 3.05) is 26.2 Å². The van der Waals surface area contributed by atoms with Crippen molar-refractivity contribution >= 4 is 18.0 Å². The molecule has 0 saturated carbocycles. The Morgan fingerprint density at radius 1 is 1.33 bits per heavy atom. The number of rotatable bonds is 4. The zero-order valence-corrected chi connectivity index (χ0v) is 15.1. The molecular formula is C16H28N4O4. The van der Waals surface area contributed by atoms with Crippen molar-refractivity contribution in [3.63, 3.8) is 0 Å². The number of carbonyl (C=O) groups is 3. The quantitative estimate of drug-likeness (QED) is 0.743. The normalized spacial score (nSPS) is 24.2. The van der Waals surface area contributed by atoms with Crippen molar-refractivity contribution < 1.29 is 19.1 Å². The Hall–Kier alpha value is -1.83. The van der Waals surface area contributed by atoms with Crippen molar-refractivity contribution in [2.45, 2.75) is 58.2 Å². The van der Waals surface area contributed by atoms with Crippen LogP contribution < -0.4 is 10.6 Å². The van der Waals surface area contributed by atoms with Gasteiger partial charge in [-0.1, -0.05) is 0 Å². The number of imide groups is 1. The van der Waals surface area contributed by atoms with Gasteiger partial charge in [-0.2, -0.15) is 0 Å². The van der Waals surface area contributed by atoms with E-state index in [1.807, 2.05) is 20.8 Å². The molecular weight excluding hydrogens is 312 g/mol. The molecule has 0 aromatic heterocycles. The Bertz CT molecular complexity index is 527. The average Bonchev–Trinajstić information content (AvgIpc) is 2.89. The standard InChI is InChI=1S/C16H28N4O4/c1-15(2,3)24-14(23)17-11-6-7-19(10-11)8-9-20-12(21)16(4,5)18-13(20)22/h11H,6-10H2,1-5H3,(H,17,23)(H,18,22)/t11-/m0/s1. The highest BCUT2D eigenvalue weighted by Gasteiger charge is 2.44. The van der Waals surface area contributed by atoms with E-state index in [0.29, 0.717) is 19.6 Å². The Kier molecular flexibility index (Phi) is 5.08. The van der Waals surface area contributed by atoms with Gasteiger partial charge in [0.15, 0.2) is 0 Å². The number of nitrogens with one attached hydrogen (secondary N) is 2. The molecule has 4 amide bonds. The lowest BCUT2D eigenvalue weighted by Crippen LogP contribution is -2.43. The predicted octanol–water partition coefficient (Wildman–Crippen LogP) is 0.916. The van der Waals surface area contributed by atoms with Gasteiger partial charge in [0.05, 0.1) is 0 Å². The van der Waals surface area contributed by atoms with Gasteiger partial charge in [0.1, 0.15) is 11.1 Å². The maximum Gasteiger partial charge on any atom is 0.407 e. The van der Waals surface area contributed by atoms with Gasteiger partial charge in [-0.15, -0.1) is 0 Å². The fourth-order valence-corrected chi connectivity index (χ4v) is 2.89. The van der Waals surface area contributed by atoms with Crippen molar-refractivity contribution in [3.05, 3.63) is 0 Å². The summed E-state index contributed by atoms with van der Waals surface area (Å²) in [5.41, 5.74) is -1.35. The van der Waals surface area contributed by atoms with Crippen molar-refractivity contribution in [2.24, 2.45) is 0 Å². The van der Waals surface area contributed by atoms with E-state index in [4.69, 9.17) is 4.74 Å². The summed E-state index contributed by atoms with van der Waals surface area (Å²) in [6.45, 7) is 11.3. The number of hydrogen-bond acceptors (Lipinski definition) is 5. The lowest BCUT2D eigenvalue weighted by atomic mass is 10.1. The van der Waals surface area contributed by atoms with Crippen LogP contribution in [0.15, 0.2) is 0 Å². The highest BCUT2D eigenvalue weighted by Crippen LogP contribution is 2.17. The Morgan fingerprint density at radius 2 is 2.00 bits per heavy atom. The van der Waals surface area contributed by atoms with Gasteiger partial charge in [0, 0.05) is 32.2 Å². The number of ether oxygens (including phenoxy) is 1. The van der Waals surface area contributed by atoms with Crippen LogP contribution in [-0.4, -0.2) is 71.2 Å². The van der Waals surface area contributed by atoms with Gasteiger partial charge in [0.2, 0.25) is 0 Å². The smallest absolute Gasteiger partial charge is 0.407 e. The number of carbonyl (C=O) groups excluding carboxylic acids is 3. The third-order valence-electron chi connectivity index (χ3n) is 4.08. The molecule has 2 heterocycles. The van der Waals surface area contributed by atoms with Gasteiger partial charge >= 0.3 is 12.1 Å². The molecule has 0 radical (unpaired) electrons. The molecule has 0 aliphatic carbocycles. The Morgan fingerprint density at radius 3 is 2.54 bits per heavy atom. The summed E-state index contributed by atoms with van der Waals surface area (Å²) >= 11 is 0. The molecule has 24 heavy (non-hydrogen) atoms. The monoisotopic (exact) mass is 340 g/mol. The number of alkyl carbamates (subject to hydrolysis) is 1. The van der Waals surface area contributed by atoms with E-state index >= 15 is 0 Å². The van der Waals surface area contributed by atoms with E-state index in [0.717, 1.165) is 13.0 Å². The molecule has 1 atom stereocenters. The molecule has 0 spiro atoms. The highest BCUT2D eigenvalue weighted by atomic mass is 16.6. The lowest BCUT2D eigenvalue weighted by Gasteiger charge is -2.22. The van der Waals surface area contributed by atoms with Crippen molar-refractivity contribution in [1.29, 1.82) is 0 Å². The van der Waals surface area contributed by atoms with Crippen LogP contribution in [0.4, 0.5) is 9.59 Å². The second kappa shape index (κ2) is 6.58. The van der Waals surface area contributed by atoms with Gasteiger partial charge < -0.3 is 15.4 Å². The summed E-state index contributed by atoms with van der Waals surface area (Å²) < 4.78 is 5.25. The molecule has 2 fully saturated rings. The first kappa shape index (κ1) is 18.5. The Labute approximate surface area is 142 Å². The summed E-state index contributed by atoms with van der Waals surface area (Å²) in [6.07, 6.45) is 0.412. The van der Waals surface area contributed by atoms with Gasteiger partial charge in [-0.3, -0.25) is 14.6 Å². The minimum Gasteiger partial charge on any atom is -0.444 e. The van der Waals surface area contributed by atoms with E-state index in [2.05, 4.69) is 15.5 Å². The average molecular weight is 340 g/mol. The van der Waals surface area contributed by atoms with E-state index in [-0.39, 0.29) is 18.0 Å². The molecule has 136 valence electrons. The zero-order chi connectivity index (χ0) is 18.1. The molecule has 2 rings (SSSR count). The van der Waals surface area contributed by atoms with Crippen LogP contribution in [0.2, 0.25) is 0 Å².